The Morgan fingerprint density at radius 2 is 2.16 bits per heavy atom. The van der Waals surface area contributed by atoms with E-state index in [4.69, 9.17) is 4.74 Å². The molecule has 5 nitrogen and oxygen atoms in total. The van der Waals surface area contributed by atoms with Gasteiger partial charge >= 0.3 is 0 Å². The van der Waals surface area contributed by atoms with Crippen molar-refractivity contribution in [2.45, 2.75) is 57.6 Å². The highest BCUT2D eigenvalue weighted by atomic mass is 16.5. The Hall–Kier alpha value is -1.10. The van der Waals surface area contributed by atoms with Gasteiger partial charge in [0.25, 0.3) is 0 Å². The summed E-state index contributed by atoms with van der Waals surface area (Å²) < 4.78 is 5.67. The first-order valence-corrected chi connectivity index (χ1v) is 7.40. The zero-order valence-corrected chi connectivity index (χ0v) is 11.7. The number of carbonyl (C=O) groups is 2. The summed E-state index contributed by atoms with van der Waals surface area (Å²) in [4.78, 5) is 25.5. The lowest BCUT2D eigenvalue weighted by Crippen LogP contribution is -2.58. The zero-order chi connectivity index (χ0) is 13.7. The molecule has 0 aromatic rings. The van der Waals surface area contributed by atoms with Gasteiger partial charge < -0.3 is 15.0 Å². The van der Waals surface area contributed by atoms with Gasteiger partial charge in [-0.25, -0.2) is 0 Å². The van der Waals surface area contributed by atoms with Gasteiger partial charge in [0.15, 0.2) is 0 Å². The predicted molar refractivity (Wildman–Crippen MR) is 71.6 cm³/mol. The van der Waals surface area contributed by atoms with Crippen LogP contribution in [0.15, 0.2) is 0 Å². The Morgan fingerprint density at radius 1 is 1.32 bits per heavy atom. The van der Waals surface area contributed by atoms with E-state index in [1.54, 1.807) is 4.90 Å². The van der Waals surface area contributed by atoms with Crippen LogP contribution in [0.2, 0.25) is 0 Å². The molecule has 2 atom stereocenters. The third-order valence-corrected chi connectivity index (χ3v) is 3.85. The molecule has 0 aromatic heterocycles. The minimum atomic E-state index is -0.321. The maximum Gasteiger partial charge on any atom is 0.245 e. The van der Waals surface area contributed by atoms with E-state index in [2.05, 4.69) is 5.32 Å². The molecule has 0 aromatic carbocycles. The Balaban J connectivity index is 1.83. The third-order valence-electron chi connectivity index (χ3n) is 3.85. The van der Waals surface area contributed by atoms with Crippen LogP contribution in [0.1, 0.15) is 45.4 Å². The molecular formula is C14H24N2O3. The van der Waals surface area contributed by atoms with Gasteiger partial charge in [-0.05, 0) is 32.1 Å². The van der Waals surface area contributed by atoms with Crippen LogP contribution in [-0.2, 0) is 14.3 Å². The van der Waals surface area contributed by atoms with Crippen molar-refractivity contribution < 1.29 is 14.3 Å². The van der Waals surface area contributed by atoms with Gasteiger partial charge in [0.05, 0.1) is 12.6 Å². The molecule has 0 spiro atoms. The summed E-state index contributed by atoms with van der Waals surface area (Å²) >= 11 is 0. The number of ether oxygens (including phenoxy) is 1. The maximum atomic E-state index is 12.2. The van der Waals surface area contributed by atoms with E-state index in [0.29, 0.717) is 6.54 Å². The van der Waals surface area contributed by atoms with Crippen LogP contribution < -0.4 is 5.32 Å². The molecule has 108 valence electrons. The molecule has 2 unspecified atom stereocenters. The third kappa shape index (κ3) is 3.93. The number of carbonyl (C=O) groups excluding carboxylic acids is 2. The lowest BCUT2D eigenvalue weighted by molar-refractivity contribution is -0.145. The standard InChI is InChI=1S/C14H24N2O3/c1-2-5-12-14(18)16(10-13(17)15-12)8-7-11-6-3-4-9-19-11/h11-12H,2-10H2,1H3,(H,15,17). The minimum Gasteiger partial charge on any atom is -0.378 e. The highest BCUT2D eigenvalue weighted by Gasteiger charge is 2.32. The van der Waals surface area contributed by atoms with Gasteiger partial charge in [0.1, 0.15) is 6.04 Å². The summed E-state index contributed by atoms with van der Waals surface area (Å²) in [5.41, 5.74) is 0. The monoisotopic (exact) mass is 268 g/mol. The lowest BCUT2D eigenvalue weighted by atomic mass is 10.0. The van der Waals surface area contributed by atoms with Gasteiger partial charge in [0.2, 0.25) is 11.8 Å². The average Bonchev–Trinajstić information content (AvgIpc) is 2.42. The van der Waals surface area contributed by atoms with Crippen molar-refractivity contribution in [2.24, 2.45) is 0 Å². The van der Waals surface area contributed by atoms with Crippen LogP contribution >= 0.6 is 0 Å². The Morgan fingerprint density at radius 3 is 2.84 bits per heavy atom. The van der Waals surface area contributed by atoms with Crippen LogP contribution in [0.25, 0.3) is 0 Å². The van der Waals surface area contributed by atoms with E-state index in [1.807, 2.05) is 6.92 Å². The summed E-state index contributed by atoms with van der Waals surface area (Å²) in [6.07, 6.45) is 6.15. The molecule has 2 saturated heterocycles. The van der Waals surface area contributed by atoms with Crippen LogP contribution in [0.5, 0.6) is 0 Å². The Kier molecular flexibility index (Phi) is 5.19. The summed E-state index contributed by atoms with van der Waals surface area (Å²) in [6.45, 7) is 3.69. The fraction of sp³-hybridized carbons (Fsp3) is 0.857. The van der Waals surface area contributed by atoms with E-state index < -0.39 is 0 Å². The molecule has 1 N–H and O–H groups in total. The molecule has 2 fully saturated rings. The first-order chi connectivity index (χ1) is 9.20. The minimum absolute atomic E-state index is 0.0392. The van der Waals surface area contributed by atoms with Crippen molar-refractivity contribution in [1.29, 1.82) is 0 Å². The quantitative estimate of drug-likeness (QED) is 0.811. The van der Waals surface area contributed by atoms with Crippen LogP contribution in [0, 0.1) is 0 Å². The van der Waals surface area contributed by atoms with Crippen molar-refractivity contribution in [1.82, 2.24) is 10.2 Å². The maximum absolute atomic E-state index is 12.2. The van der Waals surface area contributed by atoms with Crippen LogP contribution in [0.3, 0.4) is 0 Å². The summed E-state index contributed by atoms with van der Waals surface area (Å²) in [5.74, 6) is 0.0277. The Labute approximate surface area is 114 Å². The van der Waals surface area contributed by atoms with Gasteiger partial charge in [-0.3, -0.25) is 9.59 Å². The fourth-order valence-electron chi connectivity index (χ4n) is 2.78. The fourth-order valence-corrected chi connectivity index (χ4v) is 2.78. The van der Waals surface area contributed by atoms with Crippen molar-refractivity contribution in [3.8, 4) is 0 Å². The predicted octanol–water partition coefficient (Wildman–Crippen LogP) is 1.07. The van der Waals surface area contributed by atoms with Gasteiger partial charge in [-0.1, -0.05) is 13.3 Å². The number of nitrogens with zero attached hydrogens (tertiary/aromatic N) is 1. The van der Waals surface area contributed by atoms with E-state index in [0.717, 1.165) is 38.7 Å². The molecule has 0 bridgehead atoms. The second kappa shape index (κ2) is 6.89. The number of piperazine rings is 1. The van der Waals surface area contributed by atoms with Crippen molar-refractivity contribution >= 4 is 11.8 Å². The van der Waals surface area contributed by atoms with Crippen LogP contribution in [-0.4, -0.2) is 48.6 Å². The molecule has 5 heteroatoms. The van der Waals surface area contributed by atoms with Crippen molar-refractivity contribution in [3.63, 3.8) is 0 Å². The van der Waals surface area contributed by atoms with Crippen LogP contribution in [0.4, 0.5) is 0 Å². The molecular weight excluding hydrogens is 244 g/mol. The van der Waals surface area contributed by atoms with E-state index in [-0.39, 0.29) is 30.5 Å². The SMILES string of the molecule is CCCC1NC(=O)CN(CCC2CCCCO2)C1=O. The van der Waals surface area contributed by atoms with E-state index in [9.17, 15) is 9.59 Å². The molecule has 19 heavy (non-hydrogen) atoms. The number of hydrogen-bond donors (Lipinski definition) is 1. The van der Waals surface area contributed by atoms with Crippen molar-refractivity contribution in [2.75, 3.05) is 19.7 Å². The highest BCUT2D eigenvalue weighted by Crippen LogP contribution is 2.17. The zero-order valence-electron chi connectivity index (χ0n) is 11.7. The topological polar surface area (TPSA) is 58.6 Å². The van der Waals surface area contributed by atoms with E-state index in [1.165, 1.54) is 6.42 Å². The number of rotatable bonds is 5. The van der Waals surface area contributed by atoms with Crippen molar-refractivity contribution in [3.05, 3.63) is 0 Å². The molecule has 2 amide bonds. The smallest absolute Gasteiger partial charge is 0.245 e. The normalized spacial score (nSPS) is 28.4. The molecule has 0 radical (unpaired) electrons. The number of hydrogen-bond acceptors (Lipinski definition) is 3. The summed E-state index contributed by atoms with van der Waals surface area (Å²) in [7, 11) is 0. The second-order valence-corrected chi connectivity index (χ2v) is 5.45. The number of amides is 2. The van der Waals surface area contributed by atoms with E-state index >= 15 is 0 Å². The first kappa shape index (κ1) is 14.3. The second-order valence-electron chi connectivity index (χ2n) is 5.45. The first-order valence-electron chi connectivity index (χ1n) is 7.40. The van der Waals surface area contributed by atoms with Gasteiger partial charge in [-0.2, -0.15) is 0 Å². The highest BCUT2D eigenvalue weighted by molar-refractivity contribution is 5.94. The molecule has 2 heterocycles. The molecule has 2 rings (SSSR count). The molecule has 0 saturated carbocycles. The molecule has 2 aliphatic heterocycles. The van der Waals surface area contributed by atoms with Gasteiger partial charge in [-0.15, -0.1) is 0 Å². The van der Waals surface area contributed by atoms with Gasteiger partial charge in [0, 0.05) is 13.2 Å². The molecule has 2 aliphatic rings. The largest absolute Gasteiger partial charge is 0.378 e. The summed E-state index contributed by atoms with van der Waals surface area (Å²) in [5, 5.41) is 2.77. The number of nitrogens with one attached hydrogen (secondary N) is 1. The molecule has 0 aliphatic carbocycles. The lowest BCUT2D eigenvalue weighted by Gasteiger charge is -2.33. The summed E-state index contributed by atoms with van der Waals surface area (Å²) in [6, 6.07) is -0.321. The Bertz CT molecular complexity index is 327. The average molecular weight is 268 g/mol.